The summed E-state index contributed by atoms with van der Waals surface area (Å²) in [4.78, 5) is 20.3. The van der Waals surface area contributed by atoms with Crippen molar-refractivity contribution in [2.45, 2.75) is 25.2 Å². The van der Waals surface area contributed by atoms with Gasteiger partial charge in [0.15, 0.2) is 17.2 Å². The van der Waals surface area contributed by atoms with E-state index in [1.807, 2.05) is 0 Å². The lowest BCUT2D eigenvalue weighted by molar-refractivity contribution is -0.129. The summed E-state index contributed by atoms with van der Waals surface area (Å²) in [6.07, 6.45) is 0. The van der Waals surface area contributed by atoms with E-state index in [-0.39, 0.29) is 17.7 Å². The second-order valence-electron chi connectivity index (χ2n) is 8.51. The van der Waals surface area contributed by atoms with Gasteiger partial charge in [-0.1, -0.05) is 0 Å². The van der Waals surface area contributed by atoms with Crippen molar-refractivity contribution < 1.29 is 36.4 Å². The van der Waals surface area contributed by atoms with E-state index in [4.69, 9.17) is 14.2 Å². The highest BCUT2D eigenvalue weighted by Gasteiger charge is 2.35. The molecule has 0 unspecified atom stereocenters. The Morgan fingerprint density at radius 1 is 1.05 bits per heavy atom. The van der Waals surface area contributed by atoms with E-state index in [0.717, 1.165) is 0 Å². The summed E-state index contributed by atoms with van der Waals surface area (Å²) in [5.74, 6) is -1.78. The average Bonchev–Trinajstić information content (AvgIpc) is 2.81. The largest absolute Gasteiger partial charge is 0.497 e. The first-order valence-electron chi connectivity index (χ1n) is 10.8. The summed E-state index contributed by atoms with van der Waals surface area (Å²) >= 11 is 0. The van der Waals surface area contributed by atoms with Crippen LogP contribution in [0.5, 0.6) is 17.2 Å². The van der Waals surface area contributed by atoms with Gasteiger partial charge in [0, 0.05) is 29.6 Å². The van der Waals surface area contributed by atoms with Crippen molar-refractivity contribution in [3.8, 4) is 17.2 Å². The Labute approximate surface area is 211 Å². The van der Waals surface area contributed by atoms with E-state index in [2.05, 4.69) is 25.9 Å². The van der Waals surface area contributed by atoms with E-state index in [0.29, 0.717) is 34.3 Å². The number of hydrogen-bond acceptors (Lipinski definition) is 10. The van der Waals surface area contributed by atoms with Crippen LogP contribution in [0.4, 0.5) is 33.2 Å². The maximum atomic E-state index is 15.2. The number of aromatic nitrogens is 2. The lowest BCUT2D eigenvalue weighted by Crippen LogP contribution is -2.45. The van der Waals surface area contributed by atoms with E-state index in [1.165, 1.54) is 20.3 Å². The normalized spacial score (nSPS) is 14.2. The third-order valence-electron chi connectivity index (χ3n) is 5.25. The molecular formula is C23H24FN5O7S. The molecule has 4 N–H and O–H groups in total. The van der Waals surface area contributed by atoms with E-state index >= 15 is 4.39 Å². The molecule has 196 valence electrons. The Morgan fingerprint density at radius 2 is 1.73 bits per heavy atom. The molecule has 4 rings (SSSR count). The summed E-state index contributed by atoms with van der Waals surface area (Å²) in [7, 11) is -1.69. The van der Waals surface area contributed by atoms with Gasteiger partial charge in [-0.15, -0.1) is 0 Å². The fourth-order valence-electron chi connectivity index (χ4n) is 3.43. The number of carbonyl (C=O) groups is 1. The van der Waals surface area contributed by atoms with Crippen LogP contribution < -0.4 is 30.2 Å². The standard InChI is InChI=1S/C23H24FN5O7S/c1-23(2)21(30)27-16-9-12(5-6-18(16)36-23)25-20-19(24)17(11-37(31,32)33)28-22(29-20)26-13-7-14(34-3)10-15(8-13)35-4/h5-10H,11H2,1-4H3,(H,27,30)(H,31,32,33)(H2,25,26,28,29). The molecule has 3 aromatic rings. The summed E-state index contributed by atoms with van der Waals surface area (Å²) in [6.45, 7) is 3.24. The highest BCUT2D eigenvalue weighted by atomic mass is 32.2. The molecule has 0 bridgehead atoms. The maximum Gasteiger partial charge on any atom is 0.270 e. The third-order valence-corrected chi connectivity index (χ3v) is 5.89. The molecule has 14 heteroatoms. The molecule has 0 fully saturated rings. The van der Waals surface area contributed by atoms with Gasteiger partial charge in [-0.05, 0) is 32.0 Å². The first-order valence-corrected chi connectivity index (χ1v) is 12.4. The fourth-order valence-corrected chi connectivity index (χ4v) is 3.97. The number of amides is 1. The summed E-state index contributed by atoms with van der Waals surface area (Å²) in [6, 6.07) is 9.48. The van der Waals surface area contributed by atoms with Gasteiger partial charge in [0.2, 0.25) is 5.95 Å². The van der Waals surface area contributed by atoms with Gasteiger partial charge >= 0.3 is 0 Å². The van der Waals surface area contributed by atoms with Gasteiger partial charge in [0.1, 0.15) is 28.7 Å². The van der Waals surface area contributed by atoms with Gasteiger partial charge in [-0.3, -0.25) is 9.35 Å². The number of rotatable bonds is 8. The predicted octanol–water partition coefficient (Wildman–Crippen LogP) is 3.62. The van der Waals surface area contributed by atoms with Crippen LogP contribution in [-0.2, 0) is 20.7 Å². The minimum atomic E-state index is -4.62. The Bertz CT molecular complexity index is 1460. The molecule has 1 aromatic heterocycles. The van der Waals surface area contributed by atoms with Crippen molar-refractivity contribution in [2.75, 3.05) is 30.2 Å². The van der Waals surface area contributed by atoms with Crippen molar-refractivity contribution in [1.29, 1.82) is 0 Å². The van der Waals surface area contributed by atoms with Crippen LogP contribution in [0.1, 0.15) is 19.5 Å². The molecule has 2 aromatic carbocycles. The summed E-state index contributed by atoms with van der Waals surface area (Å²) in [5, 5.41) is 8.33. The van der Waals surface area contributed by atoms with E-state index in [1.54, 1.807) is 44.2 Å². The molecule has 0 saturated carbocycles. The van der Waals surface area contributed by atoms with Crippen LogP contribution in [0, 0.1) is 5.82 Å². The number of anilines is 5. The highest BCUT2D eigenvalue weighted by molar-refractivity contribution is 7.85. The number of hydrogen-bond donors (Lipinski definition) is 4. The second-order valence-corrected chi connectivity index (χ2v) is 9.96. The third kappa shape index (κ3) is 5.98. The van der Waals surface area contributed by atoms with Crippen LogP contribution in [0.15, 0.2) is 36.4 Å². The number of fused-ring (bicyclic) bond motifs is 1. The molecule has 0 spiro atoms. The van der Waals surface area contributed by atoms with Crippen LogP contribution >= 0.6 is 0 Å². The van der Waals surface area contributed by atoms with E-state index < -0.39 is 33.0 Å². The van der Waals surface area contributed by atoms with Crippen molar-refractivity contribution in [3.05, 3.63) is 47.9 Å². The molecule has 1 aliphatic rings. The van der Waals surface area contributed by atoms with Crippen LogP contribution in [0.25, 0.3) is 0 Å². The number of halogens is 1. The molecule has 0 radical (unpaired) electrons. The van der Waals surface area contributed by atoms with Crippen LogP contribution in [0.3, 0.4) is 0 Å². The number of ether oxygens (including phenoxy) is 3. The van der Waals surface area contributed by atoms with Crippen molar-refractivity contribution in [2.24, 2.45) is 0 Å². The quantitative estimate of drug-likeness (QED) is 0.313. The molecule has 0 aliphatic carbocycles. The molecule has 12 nitrogen and oxygen atoms in total. The van der Waals surface area contributed by atoms with Gasteiger partial charge in [0.05, 0.1) is 19.9 Å². The maximum absolute atomic E-state index is 15.2. The Morgan fingerprint density at radius 3 is 2.35 bits per heavy atom. The first kappa shape index (κ1) is 25.9. The predicted molar refractivity (Wildman–Crippen MR) is 133 cm³/mol. The minimum absolute atomic E-state index is 0.172. The average molecular weight is 534 g/mol. The molecule has 0 atom stereocenters. The number of nitrogens with one attached hydrogen (secondary N) is 3. The van der Waals surface area contributed by atoms with Gasteiger partial charge in [-0.2, -0.15) is 13.4 Å². The molecule has 37 heavy (non-hydrogen) atoms. The Kier molecular flexibility index (Phi) is 6.80. The zero-order valence-electron chi connectivity index (χ0n) is 20.2. The van der Waals surface area contributed by atoms with Gasteiger partial charge in [0.25, 0.3) is 16.0 Å². The number of methoxy groups -OCH3 is 2. The summed E-state index contributed by atoms with van der Waals surface area (Å²) < 4.78 is 63.7. The zero-order valence-corrected chi connectivity index (χ0v) is 21.1. The smallest absolute Gasteiger partial charge is 0.270 e. The Balaban J connectivity index is 1.71. The lowest BCUT2D eigenvalue weighted by Gasteiger charge is -2.31. The van der Waals surface area contributed by atoms with Crippen LogP contribution in [0.2, 0.25) is 0 Å². The summed E-state index contributed by atoms with van der Waals surface area (Å²) in [5.41, 5.74) is -0.568. The number of carbonyl (C=O) groups excluding carboxylic acids is 1. The SMILES string of the molecule is COc1cc(Nc2nc(CS(=O)(=O)O)c(F)c(Nc3ccc4c(c3)NC(=O)C(C)(C)O4)n2)cc(OC)c1. The Hall–Kier alpha value is -4.17. The van der Waals surface area contributed by atoms with Gasteiger partial charge < -0.3 is 30.2 Å². The molecular weight excluding hydrogens is 509 g/mol. The van der Waals surface area contributed by atoms with Gasteiger partial charge in [-0.25, -0.2) is 9.37 Å². The zero-order chi connectivity index (χ0) is 27.0. The molecule has 0 saturated heterocycles. The van der Waals surface area contributed by atoms with E-state index in [9.17, 15) is 17.8 Å². The lowest BCUT2D eigenvalue weighted by atomic mass is 10.1. The molecule has 1 amide bonds. The van der Waals surface area contributed by atoms with Crippen LogP contribution in [-0.4, -0.2) is 48.7 Å². The number of nitrogens with zero attached hydrogens (tertiary/aromatic N) is 2. The van der Waals surface area contributed by atoms with Crippen molar-refractivity contribution in [3.63, 3.8) is 0 Å². The van der Waals surface area contributed by atoms with Crippen molar-refractivity contribution >= 4 is 44.9 Å². The molecule has 2 heterocycles. The second kappa shape index (κ2) is 9.71. The topological polar surface area (TPSA) is 161 Å². The highest BCUT2D eigenvalue weighted by Crippen LogP contribution is 2.36. The first-order chi connectivity index (χ1) is 17.4. The number of benzene rings is 2. The molecule has 1 aliphatic heterocycles. The van der Waals surface area contributed by atoms with Crippen molar-refractivity contribution in [1.82, 2.24) is 9.97 Å². The minimum Gasteiger partial charge on any atom is -0.497 e. The monoisotopic (exact) mass is 533 g/mol. The fraction of sp³-hybridized carbons (Fsp3) is 0.261.